The molecule has 100 valence electrons. The van der Waals surface area contributed by atoms with Gasteiger partial charge in [-0.2, -0.15) is 0 Å². The highest BCUT2D eigenvalue weighted by Gasteiger charge is 2.29. The minimum Gasteiger partial charge on any atom is -0.301 e. The number of hydrogen-bond donors (Lipinski definition) is 0. The van der Waals surface area contributed by atoms with Gasteiger partial charge in [-0.25, -0.2) is 0 Å². The van der Waals surface area contributed by atoms with Crippen LogP contribution in [0.2, 0.25) is 0 Å². The molecule has 2 heterocycles. The summed E-state index contributed by atoms with van der Waals surface area (Å²) in [6.45, 7) is 13.7. The SMILES string of the molecule is CC(C)(C)CN1CCC(N2CCCCCC2)C1. The van der Waals surface area contributed by atoms with E-state index in [4.69, 9.17) is 0 Å². The molecule has 0 spiro atoms. The second-order valence-electron chi connectivity index (χ2n) is 7.19. The van der Waals surface area contributed by atoms with E-state index < -0.39 is 0 Å². The van der Waals surface area contributed by atoms with Gasteiger partial charge in [0, 0.05) is 19.1 Å². The Morgan fingerprint density at radius 3 is 2.18 bits per heavy atom. The molecule has 2 aliphatic heterocycles. The molecular weight excluding hydrogens is 208 g/mol. The molecule has 2 heteroatoms. The van der Waals surface area contributed by atoms with Gasteiger partial charge in [0.25, 0.3) is 0 Å². The van der Waals surface area contributed by atoms with Crippen molar-refractivity contribution < 1.29 is 0 Å². The number of likely N-dealkylation sites (tertiary alicyclic amines) is 2. The summed E-state index contributed by atoms with van der Waals surface area (Å²) in [4.78, 5) is 5.45. The van der Waals surface area contributed by atoms with E-state index in [1.165, 1.54) is 64.8 Å². The van der Waals surface area contributed by atoms with E-state index in [-0.39, 0.29) is 0 Å². The van der Waals surface area contributed by atoms with Crippen molar-refractivity contribution in [1.29, 1.82) is 0 Å². The van der Waals surface area contributed by atoms with Crippen LogP contribution in [0.25, 0.3) is 0 Å². The largest absolute Gasteiger partial charge is 0.301 e. The molecule has 17 heavy (non-hydrogen) atoms. The summed E-state index contributed by atoms with van der Waals surface area (Å²) in [6, 6.07) is 0.857. The third-order valence-corrected chi connectivity index (χ3v) is 4.10. The van der Waals surface area contributed by atoms with Crippen molar-refractivity contribution >= 4 is 0 Å². The van der Waals surface area contributed by atoms with Crippen molar-refractivity contribution in [3.63, 3.8) is 0 Å². The van der Waals surface area contributed by atoms with Gasteiger partial charge in [0.2, 0.25) is 0 Å². The molecule has 0 radical (unpaired) electrons. The Morgan fingerprint density at radius 2 is 1.59 bits per heavy atom. The standard InChI is InChI=1S/C15H30N2/c1-15(2,3)13-16-11-8-14(12-16)17-9-6-4-5-7-10-17/h14H,4-13H2,1-3H3. The number of rotatable bonds is 2. The highest BCUT2D eigenvalue weighted by molar-refractivity contribution is 4.86. The van der Waals surface area contributed by atoms with Crippen molar-refractivity contribution in [3.8, 4) is 0 Å². The third-order valence-electron chi connectivity index (χ3n) is 4.10. The van der Waals surface area contributed by atoms with Crippen molar-refractivity contribution in [1.82, 2.24) is 9.80 Å². The van der Waals surface area contributed by atoms with E-state index in [0.29, 0.717) is 5.41 Å². The maximum atomic E-state index is 2.77. The topological polar surface area (TPSA) is 6.48 Å². The van der Waals surface area contributed by atoms with E-state index in [0.717, 1.165) is 6.04 Å². The molecule has 0 amide bonds. The molecule has 0 aromatic rings. The highest BCUT2D eigenvalue weighted by atomic mass is 15.3. The average Bonchev–Trinajstić information content (AvgIpc) is 2.52. The maximum absolute atomic E-state index is 2.77. The molecule has 2 rings (SSSR count). The van der Waals surface area contributed by atoms with Crippen molar-refractivity contribution in [2.24, 2.45) is 5.41 Å². The summed E-state index contributed by atoms with van der Waals surface area (Å²) in [5.74, 6) is 0. The zero-order valence-corrected chi connectivity index (χ0v) is 12.0. The lowest BCUT2D eigenvalue weighted by Gasteiger charge is -2.29. The van der Waals surface area contributed by atoms with Crippen LogP contribution in [0, 0.1) is 5.41 Å². The van der Waals surface area contributed by atoms with Crippen molar-refractivity contribution in [2.45, 2.75) is 58.9 Å². The van der Waals surface area contributed by atoms with Crippen molar-refractivity contribution in [2.75, 3.05) is 32.7 Å². The van der Waals surface area contributed by atoms with Gasteiger partial charge in [-0.15, -0.1) is 0 Å². The molecule has 1 unspecified atom stereocenters. The first-order valence-electron chi connectivity index (χ1n) is 7.51. The van der Waals surface area contributed by atoms with E-state index in [2.05, 4.69) is 30.6 Å². The Morgan fingerprint density at radius 1 is 0.941 bits per heavy atom. The highest BCUT2D eigenvalue weighted by Crippen LogP contribution is 2.23. The molecule has 2 fully saturated rings. The van der Waals surface area contributed by atoms with E-state index in [1.54, 1.807) is 0 Å². The van der Waals surface area contributed by atoms with Crippen LogP contribution in [0.1, 0.15) is 52.9 Å². The monoisotopic (exact) mass is 238 g/mol. The Labute approximate surface area is 107 Å². The van der Waals surface area contributed by atoms with Gasteiger partial charge in [-0.3, -0.25) is 4.90 Å². The predicted molar refractivity (Wildman–Crippen MR) is 74.3 cm³/mol. The normalized spacial score (nSPS) is 29.5. The molecule has 2 nitrogen and oxygen atoms in total. The Hall–Kier alpha value is -0.0800. The molecule has 2 saturated heterocycles. The summed E-state index contributed by atoms with van der Waals surface area (Å²) in [7, 11) is 0. The fourth-order valence-electron chi connectivity index (χ4n) is 3.38. The molecular formula is C15H30N2. The van der Waals surface area contributed by atoms with Gasteiger partial charge in [-0.05, 0) is 44.3 Å². The van der Waals surface area contributed by atoms with Gasteiger partial charge >= 0.3 is 0 Å². The third kappa shape index (κ3) is 4.26. The van der Waals surface area contributed by atoms with Crippen molar-refractivity contribution in [3.05, 3.63) is 0 Å². The zero-order valence-electron chi connectivity index (χ0n) is 12.0. The summed E-state index contributed by atoms with van der Waals surface area (Å²) < 4.78 is 0. The maximum Gasteiger partial charge on any atom is 0.0235 e. The Balaban J connectivity index is 1.80. The lowest BCUT2D eigenvalue weighted by atomic mass is 9.96. The molecule has 0 N–H and O–H groups in total. The first-order chi connectivity index (χ1) is 8.04. The second-order valence-corrected chi connectivity index (χ2v) is 7.19. The van der Waals surface area contributed by atoms with E-state index in [1.807, 2.05) is 0 Å². The predicted octanol–water partition coefficient (Wildman–Crippen LogP) is 2.98. The van der Waals surface area contributed by atoms with Crippen LogP contribution in [-0.2, 0) is 0 Å². The second kappa shape index (κ2) is 5.71. The van der Waals surface area contributed by atoms with E-state index in [9.17, 15) is 0 Å². The number of nitrogens with zero attached hydrogens (tertiary/aromatic N) is 2. The van der Waals surface area contributed by atoms with Gasteiger partial charge < -0.3 is 4.90 Å². The number of hydrogen-bond acceptors (Lipinski definition) is 2. The molecule has 0 aromatic carbocycles. The van der Waals surface area contributed by atoms with Gasteiger partial charge in [0.1, 0.15) is 0 Å². The van der Waals surface area contributed by atoms with Gasteiger partial charge in [0.05, 0.1) is 0 Å². The minimum atomic E-state index is 0.452. The lowest BCUT2D eigenvalue weighted by molar-refractivity contribution is 0.178. The first kappa shape index (κ1) is 13.4. The fourth-order valence-corrected chi connectivity index (χ4v) is 3.38. The van der Waals surface area contributed by atoms with Crippen LogP contribution in [0.3, 0.4) is 0 Å². The van der Waals surface area contributed by atoms with Crippen LogP contribution >= 0.6 is 0 Å². The smallest absolute Gasteiger partial charge is 0.0235 e. The summed E-state index contributed by atoms with van der Waals surface area (Å²) in [6.07, 6.45) is 7.16. The van der Waals surface area contributed by atoms with Crippen LogP contribution in [-0.4, -0.2) is 48.6 Å². The van der Waals surface area contributed by atoms with Crippen LogP contribution in [0.4, 0.5) is 0 Å². The Kier molecular flexibility index (Phi) is 4.48. The fraction of sp³-hybridized carbons (Fsp3) is 1.00. The first-order valence-corrected chi connectivity index (χ1v) is 7.51. The molecule has 0 aliphatic carbocycles. The lowest BCUT2D eigenvalue weighted by Crippen LogP contribution is -2.39. The summed E-state index contributed by atoms with van der Waals surface area (Å²) in [5, 5.41) is 0. The van der Waals surface area contributed by atoms with E-state index >= 15 is 0 Å². The quantitative estimate of drug-likeness (QED) is 0.730. The average molecular weight is 238 g/mol. The molecule has 1 atom stereocenters. The minimum absolute atomic E-state index is 0.452. The molecule has 0 aromatic heterocycles. The van der Waals surface area contributed by atoms with Crippen LogP contribution in [0.5, 0.6) is 0 Å². The summed E-state index contributed by atoms with van der Waals surface area (Å²) >= 11 is 0. The van der Waals surface area contributed by atoms with Crippen LogP contribution < -0.4 is 0 Å². The van der Waals surface area contributed by atoms with Gasteiger partial charge in [0.15, 0.2) is 0 Å². The van der Waals surface area contributed by atoms with Gasteiger partial charge in [-0.1, -0.05) is 33.6 Å². The Bertz CT molecular complexity index is 224. The summed E-state index contributed by atoms with van der Waals surface area (Å²) in [5.41, 5.74) is 0.452. The zero-order chi connectivity index (χ0) is 12.3. The van der Waals surface area contributed by atoms with Crippen LogP contribution in [0.15, 0.2) is 0 Å². The molecule has 0 saturated carbocycles. The molecule has 2 aliphatic rings. The molecule has 0 bridgehead atoms.